The van der Waals surface area contributed by atoms with E-state index in [9.17, 15) is 13.5 Å². The fraction of sp³-hybridized carbons (Fsp3) is 0.550. The number of methoxy groups -OCH3 is 1. The van der Waals surface area contributed by atoms with E-state index in [1.807, 2.05) is 34.9 Å². The minimum absolute atomic E-state index is 0.0922. The third-order valence-electron chi connectivity index (χ3n) is 5.17. The summed E-state index contributed by atoms with van der Waals surface area (Å²) in [5, 5.41) is 9.58. The molecule has 0 aliphatic carbocycles. The van der Waals surface area contributed by atoms with Gasteiger partial charge in [-0.15, -0.1) is 0 Å². The van der Waals surface area contributed by atoms with Crippen molar-refractivity contribution in [2.45, 2.75) is 31.1 Å². The fourth-order valence-electron chi connectivity index (χ4n) is 3.66. The largest absolute Gasteiger partial charge is 0.396 e. The molecule has 8 heteroatoms. The molecule has 1 aromatic carbocycles. The van der Waals surface area contributed by atoms with Crippen LogP contribution < -0.4 is 0 Å². The molecule has 3 rings (SSSR count). The Kier molecular flexibility index (Phi) is 7.23. The quantitative estimate of drug-likeness (QED) is 0.679. The summed E-state index contributed by atoms with van der Waals surface area (Å²) in [6.07, 6.45) is 3.75. The number of nitrogens with zero attached hydrogens (tertiary/aromatic N) is 3. The summed E-state index contributed by atoms with van der Waals surface area (Å²) in [6.45, 7) is 3.17. The molecule has 2 heterocycles. The molecule has 1 unspecified atom stereocenters. The van der Waals surface area contributed by atoms with Crippen molar-refractivity contribution in [2.75, 3.05) is 39.2 Å². The van der Waals surface area contributed by atoms with Crippen LogP contribution in [-0.2, 0) is 27.7 Å². The number of sulfone groups is 1. The van der Waals surface area contributed by atoms with Crippen molar-refractivity contribution in [1.29, 1.82) is 0 Å². The highest BCUT2D eigenvalue weighted by Gasteiger charge is 2.26. The van der Waals surface area contributed by atoms with E-state index in [2.05, 4.69) is 9.88 Å². The molecule has 0 saturated carbocycles. The monoisotopic (exact) mass is 407 g/mol. The highest BCUT2D eigenvalue weighted by Crippen LogP contribution is 2.21. The first-order valence-corrected chi connectivity index (χ1v) is 11.3. The standard InChI is InChI=1S/C20H29N3O4S/c1-27-10-11-28(25,26)20-21-12-19(15-22-9-5-8-18(13-22)16-24)23(20)14-17-6-3-2-4-7-17/h2-4,6-7,12,18,24H,5,8-11,13-16H2,1H3. The van der Waals surface area contributed by atoms with Crippen molar-refractivity contribution in [3.05, 3.63) is 47.8 Å². The highest BCUT2D eigenvalue weighted by atomic mass is 32.2. The lowest BCUT2D eigenvalue weighted by molar-refractivity contribution is 0.114. The Morgan fingerprint density at radius 3 is 2.75 bits per heavy atom. The van der Waals surface area contributed by atoms with E-state index < -0.39 is 9.84 Å². The normalized spacial score (nSPS) is 18.4. The van der Waals surface area contributed by atoms with Gasteiger partial charge < -0.3 is 14.4 Å². The Morgan fingerprint density at radius 2 is 2.04 bits per heavy atom. The molecule has 1 atom stereocenters. The van der Waals surface area contributed by atoms with Crippen LogP contribution in [-0.4, -0.2) is 67.1 Å². The highest BCUT2D eigenvalue weighted by molar-refractivity contribution is 7.91. The minimum Gasteiger partial charge on any atom is -0.396 e. The van der Waals surface area contributed by atoms with Crippen LogP contribution in [0.4, 0.5) is 0 Å². The number of aromatic nitrogens is 2. The van der Waals surface area contributed by atoms with Crippen LogP contribution in [0.25, 0.3) is 0 Å². The van der Waals surface area contributed by atoms with Crippen molar-refractivity contribution in [1.82, 2.24) is 14.5 Å². The molecule has 7 nitrogen and oxygen atoms in total. The van der Waals surface area contributed by atoms with E-state index in [4.69, 9.17) is 4.74 Å². The van der Waals surface area contributed by atoms with Gasteiger partial charge in [-0.1, -0.05) is 30.3 Å². The zero-order chi connectivity index (χ0) is 20.0. The molecule has 154 valence electrons. The van der Waals surface area contributed by atoms with Gasteiger partial charge in [-0.25, -0.2) is 13.4 Å². The van der Waals surface area contributed by atoms with Gasteiger partial charge >= 0.3 is 0 Å². The average molecular weight is 408 g/mol. The first-order valence-electron chi connectivity index (χ1n) is 9.66. The van der Waals surface area contributed by atoms with E-state index in [-0.39, 0.29) is 30.0 Å². The summed E-state index contributed by atoms with van der Waals surface area (Å²) in [5.74, 6) is 0.189. The van der Waals surface area contributed by atoms with Crippen LogP contribution in [0.15, 0.2) is 41.7 Å². The van der Waals surface area contributed by atoms with E-state index >= 15 is 0 Å². The lowest BCUT2D eigenvalue weighted by atomic mass is 9.99. The van der Waals surface area contributed by atoms with Gasteiger partial charge in [0.1, 0.15) is 0 Å². The van der Waals surface area contributed by atoms with Crippen LogP contribution in [0.5, 0.6) is 0 Å². The molecule has 1 aliphatic heterocycles. The Hall–Kier alpha value is -1.74. The predicted octanol–water partition coefficient (Wildman–Crippen LogP) is 1.56. The van der Waals surface area contributed by atoms with Crippen LogP contribution in [0.3, 0.4) is 0 Å². The first kappa shape index (κ1) is 21.0. The number of aliphatic hydroxyl groups excluding tert-OH is 1. The SMILES string of the molecule is COCCS(=O)(=O)c1ncc(CN2CCCC(CO)C2)n1Cc1ccccc1. The molecule has 0 spiro atoms. The third kappa shape index (κ3) is 5.20. The summed E-state index contributed by atoms with van der Waals surface area (Å²) < 4.78 is 32.4. The second-order valence-electron chi connectivity index (χ2n) is 7.34. The molecule has 1 N–H and O–H groups in total. The van der Waals surface area contributed by atoms with Gasteiger partial charge in [0, 0.05) is 26.8 Å². The molecule has 0 amide bonds. The zero-order valence-corrected chi connectivity index (χ0v) is 17.1. The summed E-state index contributed by atoms with van der Waals surface area (Å²) in [6, 6.07) is 9.80. The minimum atomic E-state index is -3.54. The number of benzene rings is 1. The Bertz CT molecular complexity index is 852. The van der Waals surface area contributed by atoms with E-state index in [0.29, 0.717) is 13.1 Å². The van der Waals surface area contributed by atoms with Gasteiger partial charge in [0.05, 0.1) is 30.8 Å². The molecule has 28 heavy (non-hydrogen) atoms. The van der Waals surface area contributed by atoms with Crippen molar-refractivity contribution in [3.63, 3.8) is 0 Å². The van der Waals surface area contributed by atoms with Crippen molar-refractivity contribution in [2.24, 2.45) is 5.92 Å². The van der Waals surface area contributed by atoms with Gasteiger partial charge in [0.25, 0.3) is 0 Å². The van der Waals surface area contributed by atoms with Gasteiger partial charge in [0.2, 0.25) is 15.0 Å². The topological polar surface area (TPSA) is 84.7 Å². The predicted molar refractivity (Wildman–Crippen MR) is 107 cm³/mol. The maximum absolute atomic E-state index is 12.8. The summed E-state index contributed by atoms with van der Waals surface area (Å²) in [4.78, 5) is 6.56. The molecule has 1 aliphatic rings. The molecular weight excluding hydrogens is 378 g/mol. The smallest absolute Gasteiger partial charge is 0.228 e. The number of ether oxygens (including phenoxy) is 1. The van der Waals surface area contributed by atoms with Gasteiger partial charge in [0.15, 0.2) is 0 Å². The van der Waals surface area contributed by atoms with Crippen molar-refractivity contribution < 1.29 is 18.3 Å². The number of aliphatic hydroxyl groups is 1. The molecular formula is C20H29N3O4S. The average Bonchev–Trinajstić information content (AvgIpc) is 3.10. The number of imidazole rings is 1. The van der Waals surface area contributed by atoms with E-state index in [0.717, 1.165) is 37.2 Å². The molecule has 1 fully saturated rings. The van der Waals surface area contributed by atoms with Crippen LogP contribution in [0.2, 0.25) is 0 Å². The number of hydrogen-bond acceptors (Lipinski definition) is 6. The maximum atomic E-state index is 12.8. The molecule has 0 radical (unpaired) electrons. The van der Waals surface area contributed by atoms with Gasteiger partial charge in [-0.3, -0.25) is 4.90 Å². The van der Waals surface area contributed by atoms with Crippen LogP contribution in [0.1, 0.15) is 24.1 Å². The molecule has 1 saturated heterocycles. The number of rotatable bonds is 9. The third-order valence-corrected chi connectivity index (χ3v) is 6.75. The fourth-order valence-corrected chi connectivity index (χ4v) is 4.96. The summed E-state index contributed by atoms with van der Waals surface area (Å²) >= 11 is 0. The van der Waals surface area contributed by atoms with Crippen molar-refractivity contribution in [3.8, 4) is 0 Å². The molecule has 1 aromatic heterocycles. The zero-order valence-electron chi connectivity index (χ0n) is 16.3. The summed E-state index contributed by atoms with van der Waals surface area (Å²) in [7, 11) is -2.05. The summed E-state index contributed by atoms with van der Waals surface area (Å²) in [5.41, 5.74) is 1.90. The van der Waals surface area contributed by atoms with E-state index in [1.54, 1.807) is 6.20 Å². The second-order valence-corrected chi connectivity index (χ2v) is 9.34. The molecule has 2 aromatic rings. The van der Waals surface area contributed by atoms with Crippen LogP contribution >= 0.6 is 0 Å². The Labute approximate surface area is 166 Å². The second kappa shape index (κ2) is 9.65. The Morgan fingerprint density at radius 1 is 1.25 bits per heavy atom. The maximum Gasteiger partial charge on any atom is 0.228 e. The lowest BCUT2D eigenvalue weighted by Gasteiger charge is -2.31. The molecule has 0 bridgehead atoms. The number of likely N-dealkylation sites (tertiary alicyclic amines) is 1. The Balaban J connectivity index is 1.88. The van der Waals surface area contributed by atoms with Gasteiger partial charge in [-0.2, -0.15) is 0 Å². The lowest BCUT2D eigenvalue weighted by Crippen LogP contribution is -2.36. The van der Waals surface area contributed by atoms with E-state index in [1.165, 1.54) is 7.11 Å². The first-order chi connectivity index (χ1) is 13.5. The number of hydrogen-bond donors (Lipinski definition) is 1. The number of piperidine rings is 1. The van der Waals surface area contributed by atoms with Crippen molar-refractivity contribution >= 4 is 9.84 Å². The van der Waals surface area contributed by atoms with Gasteiger partial charge in [-0.05, 0) is 30.9 Å². The van der Waals surface area contributed by atoms with Crippen LogP contribution in [0, 0.1) is 5.92 Å².